The fourth-order valence-electron chi connectivity index (χ4n) is 8.36. The molecular weight excluding hydrogens is 701 g/mol. The van der Waals surface area contributed by atoms with Crippen molar-refractivity contribution in [2.24, 2.45) is 5.14 Å². The first-order chi connectivity index (χ1) is 24.9. The van der Waals surface area contributed by atoms with Gasteiger partial charge >= 0.3 is 6.03 Å². The largest absolute Gasteiger partial charge is 0.387 e. The Kier molecular flexibility index (Phi) is 11.8. The van der Waals surface area contributed by atoms with Crippen LogP contribution in [0.25, 0.3) is 0 Å². The molecule has 280 valence electrons. The van der Waals surface area contributed by atoms with Gasteiger partial charge in [0, 0.05) is 45.0 Å². The molecule has 8 rings (SSSR count). The maximum Gasteiger partial charge on any atom is 0.332 e. The molecule has 2 saturated heterocycles. The lowest BCUT2D eigenvalue weighted by atomic mass is 9.99. The molecule has 6 aliphatic rings. The lowest BCUT2D eigenvalue weighted by Crippen LogP contribution is -2.58. The Labute approximate surface area is 308 Å². The number of ether oxygens (including phenoxy) is 1. The Morgan fingerprint density at radius 1 is 0.769 bits per heavy atom. The number of nitriles is 1. The predicted molar refractivity (Wildman–Crippen MR) is 202 cm³/mol. The molecule has 0 saturated carbocycles. The predicted octanol–water partition coefficient (Wildman–Crippen LogP) is 3.65. The number of benzene rings is 2. The summed E-state index contributed by atoms with van der Waals surface area (Å²) in [5, 5.41) is 15.6. The normalized spacial score (nSPS) is 19.2. The van der Waals surface area contributed by atoms with Crippen LogP contribution in [0.1, 0.15) is 70.2 Å². The van der Waals surface area contributed by atoms with Gasteiger partial charge in [-0.05, 0) is 122 Å². The van der Waals surface area contributed by atoms with Gasteiger partial charge < -0.3 is 10.1 Å². The third kappa shape index (κ3) is 8.39. The highest BCUT2D eigenvalue weighted by Crippen LogP contribution is 2.40. The molecule has 2 fully saturated rings. The number of rotatable bonds is 9. The van der Waals surface area contributed by atoms with Crippen LogP contribution in [0.15, 0.2) is 37.4 Å². The summed E-state index contributed by atoms with van der Waals surface area (Å²) in [6.45, 7) is 10.6. The lowest BCUT2D eigenvalue weighted by Gasteiger charge is -2.37. The van der Waals surface area contributed by atoms with Crippen molar-refractivity contribution in [3.8, 4) is 12.0 Å². The number of amides is 2. The second-order valence-electron chi connectivity index (χ2n) is 14.6. The number of urea groups is 1. The molecule has 0 unspecified atom stereocenters. The minimum absolute atomic E-state index is 0.359. The van der Waals surface area contributed by atoms with Crippen LogP contribution in [0, 0.1) is 11.5 Å². The van der Waals surface area contributed by atoms with Gasteiger partial charge in [0.25, 0.3) is 6.26 Å². The number of likely N-dealkylation sites (tertiary alicyclic amines) is 2. The fraction of sp³-hybridized carbons (Fsp3) is 0.526. The number of carbonyl (C=O) groups is 1. The number of sulfonamides is 2. The standard InChI is InChI=1S/C19H25N3O3S.C13H13NO.C6H12N2O2S/c1-2-9-22-11-15(12-22)26(24,25)21-19(23)20-18-16-7-3-5-13(16)10-14-6-4-8-17(14)18;14-8-15-13-11-5-1-3-9(11)7-10-4-2-6-12(10)13;1-2-3-8-4-6(5-8)11(7,9)10/h2,10,15H,1,3-9,11-12H2,(H2,20,21,23);7H,1-6H2;2,6H,1,3-5H2,(H2,7,9,10). The molecule has 2 aliphatic heterocycles. The molecule has 2 aromatic carbocycles. The number of fused-ring (bicyclic) bond motifs is 4. The zero-order chi connectivity index (χ0) is 37.0. The summed E-state index contributed by atoms with van der Waals surface area (Å²) in [6, 6.07) is 3.99. The summed E-state index contributed by atoms with van der Waals surface area (Å²) in [5.41, 5.74) is 11.3. The molecule has 2 aromatic rings. The zero-order valence-corrected chi connectivity index (χ0v) is 31.4. The van der Waals surface area contributed by atoms with Gasteiger partial charge in [0.1, 0.15) is 16.2 Å². The smallest absolute Gasteiger partial charge is 0.332 e. The first-order valence-electron chi connectivity index (χ1n) is 18.3. The van der Waals surface area contributed by atoms with Crippen LogP contribution in [0.4, 0.5) is 10.5 Å². The number of hydrogen-bond donors (Lipinski definition) is 3. The summed E-state index contributed by atoms with van der Waals surface area (Å²) in [4.78, 5) is 16.4. The first-order valence-corrected chi connectivity index (χ1v) is 21.5. The molecule has 12 nitrogen and oxygen atoms in total. The van der Waals surface area contributed by atoms with Gasteiger partial charge in [-0.1, -0.05) is 24.3 Å². The number of nitrogens with one attached hydrogen (secondary N) is 2. The van der Waals surface area contributed by atoms with Gasteiger partial charge in [-0.3, -0.25) is 9.80 Å². The van der Waals surface area contributed by atoms with Crippen LogP contribution in [-0.2, 0) is 71.4 Å². The van der Waals surface area contributed by atoms with Crippen molar-refractivity contribution in [3.05, 3.63) is 82.0 Å². The fourth-order valence-corrected chi connectivity index (χ4v) is 10.5. The lowest BCUT2D eigenvalue weighted by molar-refractivity contribution is 0.205. The minimum atomic E-state index is -3.66. The average molecular weight is 751 g/mol. The van der Waals surface area contributed by atoms with Gasteiger partial charge in [-0.15, -0.1) is 18.4 Å². The topological polar surface area (TPSA) is 175 Å². The highest BCUT2D eigenvalue weighted by Gasteiger charge is 2.38. The highest BCUT2D eigenvalue weighted by molar-refractivity contribution is 7.90. The Hall–Kier alpha value is -3.74. The van der Waals surface area contributed by atoms with Gasteiger partial charge in [-0.25, -0.2) is 31.5 Å². The first kappa shape index (κ1) is 38.0. The van der Waals surface area contributed by atoms with Crippen LogP contribution >= 0.6 is 0 Å². The molecule has 52 heavy (non-hydrogen) atoms. The van der Waals surface area contributed by atoms with Gasteiger partial charge in [0.2, 0.25) is 20.0 Å². The monoisotopic (exact) mass is 750 g/mol. The van der Waals surface area contributed by atoms with Crippen molar-refractivity contribution in [2.45, 2.75) is 87.5 Å². The molecular formula is C38H50N6O6S2. The molecule has 0 aromatic heterocycles. The molecule has 4 aliphatic carbocycles. The average Bonchev–Trinajstić information content (AvgIpc) is 3.87. The van der Waals surface area contributed by atoms with E-state index in [4.69, 9.17) is 15.1 Å². The molecule has 0 radical (unpaired) electrons. The second kappa shape index (κ2) is 16.1. The summed E-state index contributed by atoms with van der Waals surface area (Å²) < 4.78 is 53.6. The maximum atomic E-state index is 12.4. The molecule has 2 heterocycles. The van der Waals surface area contributed by atoms with E-state index in [-0.39, 0.29) is 5.25 Å². The van der Waals surface area contributed by atoms with Crippen LogP contribution in [0.2, 0.25) is 0 Å². The number of carbonyl (C=O) groups excluding carboxylic acids is 1. The molecule has 0 spiro atoms. The number of nitrogens with two attached hydrogens (primary N) is 1. The summed E-state index contributed by atoms with van der Waals surface area (Å²) in [5.74, 6) is 0.903. The third-order valence-corrected chi connectivity index (χ3v) is 13.9. The Morgan fingerprint density at radius 3 is 1.62 bits per heavy atom. The zero-order valence-electron chi connectivity index (χ0n) is 29.8. The van der Waals surface area contributed by atoms with Crippen LogP contribution in [0.3, 0.4) is 0 Å². The molecule has 0 atom stereocenters. The molecule has 0 bridgehead atoms. The summed E-state index contributed by atoms with van der Waals surface area (Å²) in [7, 11) is -6.95. The number of anilines is 1. The van der Waals surface area contributed by atoms with Crippen molar-refractivity contribution in [2.75, 3.05) is 44.6 Å². The van der Waals surface area contributed by atoms with E-state index in [9.17, 15) is 21.6 Å². The van der Waals surface area contributed by atoms with Crippen LogP contribution < -0.4 is 19.9 Å². The Balaban J connectivity index is 0.000000150. The van der Waals surface area contributed by atoms with Crippen molar-refractivity contribution < 1.29 is 26.4 Å². The van der Waals surface area contributed by atoms with Gasteiger partial charge in [0.05, 0.1) is 0 Å². The van der Waals surface area contributed by atoms with E-state index in [1.807, 2.05) is 16.1 Å². The van der Waals surface area contributed by atoms with E-state index >= 15 is 0 Å². The third-order valence-electron chi connectivity index (χ3n) is 11.0. The van der Waals surface area contributed by atoms with Gasteiger partial charge in [0.15, 0.2) is 0 Å². The van der Waals surface area contributed by atoms with E-state index < -0.39 is 31.3 Å². The van der Waals surface area contributed by atoms with Crippen molar-refractivity contribution in [1.29, 1.82) is 5.26 Å². The maximum absolute atomic E-state index is 12.4. The van der Waals surface area contributed by atoms with Crippen LogP contribution in [0.5, 0.6) is 5.75 Å². The summed E-state index contributed by atoms with van der Waals surface area (Å²) >= 11 is 0. The van der Waals surface area contributed by atoms with Crippen molar-refractivity contribution >= 4 is 31.8 Å². The van der Waals surface area contributed by atoms with E-state index in [0.717, 1.165) is 82.2 Å². The molecule has 14 heteroatoms. The Morgan fingerprint density at radius 2 is 1.19 bits per heavy atom. The van der Waals surface area contributed by atoms with Crippen molar-refractivity contribution in [1.82, 2.24) is 14.5 Å². The minimum Gasteiger partial charge on any atom is -0.387 e. The number of aryl methyl sites for hydroxylation is 4. The number of primary sulfonamides is 1. The summed E-state index contributed by atoms with van der Waals surface area (Å²) in [6.07, 6.45) is 18.4. The number of hydrogen-bond acceptors (Lipinski definition) is 9. The second-order valence-corrected chi connectivity index (χ2v) is 18.4. The molecule has 2 amide bonds. The molecule has 4 N–H and O–H groups in total. The highest BCUT2D eigenvalue weighted by atomic mass is 32.2. The Bertz CT molecular complexity index is 1910. The van der Waals surface area contributed by atoms with Gasteiger partial charge in [-0.2, -0.15) is 0 Å². The van der Waals surface area contributed by atoms with E-state index in [0.29, 0.717) is 32.7 Å². The SMILES string of the molecule is C=CCN1CC(S(=O)(=O)NC(=O)Nc2c3c(cc4c2CCC4)CCC3)C1.C=CCN1CC(S(N)(=O)=O)C1.N#COc1c2c(cc3c1CCC3)CCC2. The quantitative estimate of drug-likeness (QED) is 0.255. The van der Waals surface area contributed by atoms with E-state index in [2.05, 4.69) is 35.3 Å². The van der Waals surface area contributed by atoms with Crippen molar-refractivity contribution in [3.63, 3.8) is 0 Å². The van der Waals surface area contributed by atoms with E-state index in [1.54, 1.807) is 12.2 Å². The van der Waals surface area contributed by atoms with E-state index in [1.165, 1.54) is 57.3 Å². The van der Waals surface area contributed by atoms with Crippen LogP contribution in [-0.4, -0.2) is 82.4 Å². The number of nitrogens with zero attached hydrogens (tertiary/aromatic N) is 3.